The molecule has 0 aliphatic rings. The standard InChI is InChI=1S/C9H18N2O4/c1-7(6-11(13)14)10(5)8(12)15-9(2,3)4/h7H,6H2,1-5H3. The molecule has 0 aliphatic carbocycles. The minimum absolute atomic E-state index is 0.282. The average Bonchev–Trinajstić information content (AvgIpc) is 1.98. The first-order chi connectivity index (χ1) is 6.63. The van der Waals surface area contributed by atoms with Crippen LogP contribution in [0.2, 0.25) is 0 Å². The Morgan fingerprint density at radius 3 is 2.33 bits per heavy atom. The van der Waals surface area contributed by atoms with Crippen molar-refractivity contribution in [1.82, 2.24) is 4.90 Å². The molecule has 1 amide bonds. The summed E-state index contributed by atoms with van der Waals surface area (Å²) in [7, 11) is 1.49. The number of nitro groups is 1. The van der Waals surface area contributed by atoms with Crippen molar-refractivity contribution in [1.29, 1.82) is 0 Å². The maximum absolute atomic E-state index is 11.5. The van der Waals surface area contributed by atoms with Crippen molar-refractivity contribution in [2.24, 2.45) is 0 Å². The summed E-state index contributed by atoms with van der Waals surface area (Å²) in [6.07, 6.45) is -0.545. The van der Waals surface area contributed by atoms with Gasteiger partial charge in [-0.2, -0.15) is 0 Å². The highest BCUT2D eigenvalue weighted by molar-refractivity contribution is 5.68. The van der Waals surface area contributed by atoms with Crippen molar-refractivity contribution < 1.29 is 14.5 Å². The second-order valence-electron chi connectivity index (χ2n) is 4.46. The van der Waals surface area contributed by atoms with Gasteiger partial charge in [-0.3, -0.25) is 10.1 Å². The maximum atomic E-state index is 11.5. The maximum Gasteiger partial charge on any atom is 0.410 e. The summed E-state index contributed by atoms with van der Waals surface area (Å²) >= 11 is 0. The van der Waals surface area contributed by atoms with Crippen molar-refractivity contribution in [3.63, 3.8) is 0 Å². The molecular formula is C9H18N2O4. The molecule has 0 aromatic carbocycles. The van der Waals surface area contributed by atoms with Crippen molar-refractivity contribution in [2.45, 2.75) is 39.3 Å². The molecule has 0 rings (SSSR count). The van der Waals surface area contributed by atoms with Gasteiger partial charge in [-0.15, -0.1) is 0 Å². The molecule has 1 unspecified atom stereocenters. The third-order valence-corrected chi connectivity index (χ3v) is 1.76. The van der Waals surface area contributed by atoms with E-state index in [0.29, 0.717) is 0 Å². The summed E-state index contributed by atoms with van der Waals surface area (Å²) in [6, 6.07) is -0.477. The molecule has 0 saturated heterocycles. The molecule has 0 spiro atoms. The number of amides is 1. The van der Waals surface area contributed by atoms with E-state index in [4.69, 9.17) is 4.74 Å². The molecule has 88 valence electrons. The fraction of sp³-hybridized carbons (Fsp3) is 0.889. The van der Waals surface area contributed by atoms with Crippen LogP contribution >= 0.6 is 0 Å². The van der Waals surface area contributed by atoms with Gasteiger partial charge in [0.1, 0.15) is 5.60 Å². The number of ether oxygens (including phenoxy) is 1. The lowest BCUT2D eigenvalue weighted by Gasteiger charge is -2.26. The van der Waals surface area contributed by atoms with Crippen LogP contribution in [0.5, 0.6) is 0 Å². The van der Waals surface area contributed by atoms with Gasteiger partial charge >= 0.3 is 6.09 Å². The molecule has 0 heterocycles. The van der Waals surface area contributed by atoms with Crippen molar-refractivity contribution in [2.75, 3.05) is 13.6 Å². The summed E-state index contributed by atoms with van der Waals surface area (Å²) in [6.45, 7) is 6.56. The summed E-state index contributed by atoms with van der Waals surface area (Å²) in [4.78, 5) is 22.5. The molecule has 0 aromatic rings. The van der Waals surface area contributed by atoms with Crippen molar-refractivity contribution in [3.8, 4) is 0 Å². The van der Waals surface area contributed by atoms with Crippen LogP contribution in [0.15, 0.2) is 0 Å². The lowest BCUT2D eigenvalue weighted by atomic mass is 10.2. The zero-order valence-electron chi connectivity index (χ0n) is 9.81. The Kier molecular flexibility index (Phi) is 4.51. The van der Waals surface area contributed by atoms with E-state index in [1.807, 2.05) is 0 Å². The zero-order chi connectivity index (χ0) is 12.2. The molecule has 0 N–H and O–H groups in total. The van der Waals surface area contributed by atoms with Crippen LogP contribution in [-0.4, -0.2) is 41.2 Å². The van der Waals surface area contributed by atoms with Crippen LogP contribution in [0.4, 0.5) is 4.79 Å². The molecule has 0 saturated carbocycles. The number of likely N-dealkylation sites (N-methyl/N-ethyl adjacent to an activating group) is 1. The summed E-state index contributed by atoms with van der Waals surface area (Å²) < 4.78 is 5.07. The highest BCUT2D eigenvalue weighted by Crippen LogP contribution is 2.10. The monoisotopic (exact) mass is 218 g/mol. The lowest BCUT2D eigenvalue weighted by Crippen LogP contribution is -2.42. The Morgan fingerprint density at radius 2 is 2.00 bits per heavy atom. The first kappa shape index (κ1) is 13.7. The largest absolute Gasteiger partial charge is 0.444 e. The van der Waals surface area contributed by atoms with Crippen LogP contribution in [0.3, 0.4) is 0 Å². The molecule has 0 fully saturated rings. The third kappa shape index (κ3) is 5.87. The van der Waals surface area contributed by atoms with Gasteiger partial charge in [-0.1, -0.05) is 0 Å². The average molecular weight is 218 g/mol. The van der Waals surface area contributed by atoms with Gasteiger partial charge in [0.2, 0.25) is 6.54 Å². The number of carbonyl (C=O) groups excluding carboxylic acids is 1. The lowest BCUT2D eigenvalue weighted by molar-refractivity contribution is -0.485. The first-order valence-electron chi connectivity index (χ1n) is 4.71. The highest BCUT2D eigenvalue weighted by Gasteiger charge is 2.25. The van der Waals surface area contributed by atoms with E-state index in [0.717, 1.165) is 0 Å². The third-order valence-electron chi connectivity index (χ3n) is 1.76. The smallest absolute Gasteiger partial charge is 0.410 e. The van der Waals surface area contributed by atoms with E-state index >= 15 is 0 Å². The van der Waals surface area contributed by atoms with Crippen molar-refractivity contribution >= 4 is 6.09 Å². The topological polar surface area (TPSA) is 72.7 Å². The molecule has 0 aliphatic heterocycles. The fourth-order valence-electron chi connectivity index (χ4n) is 0.852. The van der Waals surface area contributed by atoms with Crippen LogP contribution in [0, 0.1) is 10.1 Å². The molecule has 6 heteroatoms. The fourth-order valence-corrected chi connectivity index (χ4v) is 0.852. The second-order valence-corrected chi connectivity index (χ2v) is 4.46. The first-order valence-corrected chi connectivity index (χ1v) is 4.71. The van der Waals surface area contributed by atoms with Gasteiger partial charge in [-0.05, 0) is 27.7 Å². The summed E-state index contributed by atoms with van der Waals surface area (Å²) in [5.74, 6) is 0. The Morgan fingerprint density at radius 1 is 1.53 bits per heavy atom. The molecule has 1 atom stereocenters. The molecule has 0 aromatic heterocycles. The number of hydrogen-bond donors (Lipinski definition) is 0. The molecular weight excluding hydrogens is 200 g/mol. The van der Waals surface area contributed by atoms with Crippen LogP contribution in [0.25, 0.3) is 0 Å². The van der Waals surface area contributed by atoms with Gasteiger partial charge in [0.05, 0.1) is 6.04 Å². The Labute approximate surface area is 89.3 Å². The Bertz CT molecular complexity index is 247. The quantitative estimate of drug-likeness (QED) is 0.531. The van der Waals surface area contributed by atoms with E-state index < -0.39 is 22.7 Å². The normalized spacial score (nSPS) is 13.1. The van der Waals surface area contributed by atoms with Crippen molar-refractivity contribution in [3.05, 3.63) is 10.1 Å². The zero-order valence-corrected chi connectivity index (χ0v) is 9.81. The number of carbonyl (C=O) groups is 1. The van der Waals surface area contributed by atoms with E-state index in [1.54, 1.807) is 27.7 Å². The number of rotatable bonds is 3. The number of nitrogens with zero attached hydrogens (tertiary/aromatic N) is 2. The van der Waals surface area contributed by atoms with E-state index in [-0.39, 0.29) is 6.54 Å². The second kappa shape index (κ2) is 4.95. The predicted octanol–water partition coefficient (Wildman–Crippen LogP) is 1.52. The Balaban J connectivity index is 4.25. The van der Waals surface area contributed by atoms with Gasteiger partial charge in [0, 0.05) is 12.0 Å². The van der Waals surface area contributed by atoms with Gasteiger partial charge < -0.3 is 9.64 Å². The van der Waals surface area contributed by atoms with E-state index in [2.05, 4.69) is 0 Å². The molecule has 15 heavy (non-hydrogen) atoms. The minimum Gasteiger partial charge on any atom is -0.444 e. The van der Waals surface area contributed by atoms with Gasteiger partial charge in [-0.25, -0.2) is 4.79 Å². The van der Waals surface area contributed by atoms with E-state index in [9.17, 15) is 14.9 Å². The molecule has 0 radical (unpaired) electrons. The highest BCUT2D eigenvalue weighted by atomic mass is 16.6. The van der Waals surface area contributed by atoms with Crippen LogP contribution in [-0.2, 0) is 4.74 Å². The minimum atomic E-state index is -0.584. The Hall–Kier alpha value is -1.33. The van der Waals surface area contributed by atoms with Crippen LogP contribution < -0.4 is 0 Å². The predicted molar refractivity (Wildman–Crippen MR) is 55.3 cm³/mol. The molecule has 0 bridgehead atoms. The summed E-state index contributed by atoms with van der Waals surface area (Å²) in [5.41, 5.74) is -0.584. The van der Waals surface area contributed by atoms with Crippen LogP contribution in [0.1, 0.15) is 27.7 Å². The SMILES string of the molecule is CC(C[N+](=O)[O-])N(C)C(=O)OC(C)(C)C. The molecule has 6 nitrogen and oxygen atoms in total. The van der Waals surface area contributed by atoms with Gasteiger partial charge in [0.25, 0.3) is 0 Å². The summed E-state index contributed by atoms with van der Waals surface area (Å²) in [5, 5.41) is 10.2. The number of hydrogen-bond acceptors (Lipinski definition) is 4. The van der Waals surface area contributed by atoms with E-state index in [1.165, 1.54) is 11.9 Å². The van der Waals surface area contributed by atoms with Gasteiger partial charge in [0.15, 0.2) is 0 Å².